The Balaban J connectivity index is 1.40. The number of morpholine rings is 1. The van der Waals surface area contributed by atoms with Crippen LogP contribution in [0, 0.1) is 5.92 Å². The topological polar surface area (TPSA) is 42.0 Å². The summed E-state index contributed by atoms with van der Waals surface area (Å²) in [6.07, 6.45) is 3.10. The molecule has 1 aromatic rings. The number of nitrogens with zero attached hydrogens (tertiary/aromatic N) is 2. The van der Waals surface area contributed by atoms with Crippen LogP contribution in [0.2, 0.25) is 0 Å². The third-order valence-electron chi connectivity index (χ3n) is 5.29. The average molecular weight is 346 g/mol. The lowest BCUT2D eigenvalue weighted by atomic mass is 9.96. The Morgan fingerprint density at radius 1 is 1.16 bits per heavy atom. The van der Waals surface area contributed by atoms with Gasteiger partial charge < -0.3 is 14.4 Å². The number of carbonyl (C=O) groups excluding carboxylic acids is 1. The van der Waals surface area contributed by atoms with Gasteiger partial charge in [0.15, 0.2) is 6.61 Å². The van der Waals surface area contributed by atoms with Gasteiger partial charge in [0, 0.05) is 32.7 Å². The Morgan fingerprint density at radius 2 is 1.88 bits per heavy atom. The number of carbonyl (C=O) groups is 1. The Kier molecular flexibility index (Phi) is 6.70. The summed E-state index contributed by atoms with van der Waals surface area (Å²) in [5.41, 5.74) is 1.15. The molecule has 5 heteroatoms. The molecule has 2 aliphatic heterocycles. The quantitative estimate of drug-likeness (QED) is 0.792. The number of likely N-dealkylation sites (tertiary alicyclic amines) is 1. The summed E-state index contributed by atoms with van der Waals surface area (Å²) in [5, 5.41) is 0. The highest BCUT2D eigenvalue weighted by atomic mass is 16.5. The lowest BCUT2D eigenvalue weighted by Crippen LogP contribution is -2.45. The molecule has 2 aliphatic rings. The lowest BCUT2D eigenvalue weighted by Gasteiger charge is -2.36. The molecule has 25 heavy (non-hydrogen) atoms. The summed E-state index contributed by atoms with van der Waals surface area (Å²) in [6, 6.07) is 7.96. The van der Waals surface area contributed by atoms with Crippen LogP contribution in [0.15, 0.2) is 24.3 Å². The third-order valence-corrected chi connectivity index (χ3v) is 5.29. The number of hydrogen-bond donors (Lipinski definition) is 0. The molecular weight excluding hydrogens is 316 g/mol. The van der Waals surface area contributed by atoms with Crippen LogP contribution in [0.3, 0.4) is 0 Å². The van der Waals surface area contributed by atoms with E-state index in [0.717, 1.165) is 76.5 Å². The molecule has 2 saturated heterocycles. The van der Waals surface area contributed by atoms with E-state index in [2.05, 4.69) is 17.9 Å². The Bertz CT molecular complexity index is 550. The maximum Gasteiger partial charge on any atom is 0.260 e. The maximum absolute atomic E-state index is 12.4. The third kappa shape index (κ3) is 5.19. The van der Waals surface area contributed by atoms with Crippen LogP contribution in [0.25, 0.3) is 0 Å². The minimum absolute atomic E-state index is 0.107. The van der Waals surface area contributed by atoms with Gasteiger partial charge in [0.1, 0.15) is 5.75 Å². The second kappa shape index (κ2) is 9.20. The standard InChI is InChI=1S/C20H30N2O3/c1-2-18-5-3-4-6-19(18)25-16-20(23)22-9-7-17(8-10-22)15-21-11-13-24-14-12-21/h3-6,17H,2,7-16H2,1H3. The first-order valence-corrected chi connectivity index (χ1v) is 9.55. The monoisotopic (exact) mass is 346 g/mol. The molecule has 5 nitrogen and oxygen atoms in total. The predicted octanol–water partition coefficient (Wildman–Crippen LogP) is 2.20. The first-order chi connectivity index (χ1) is 12.3. The molecule has 0 aliphatic carbocycles. The second-order valence-corrected chi connectivity index (χ2v) is 6.99. The summed E-state index contributed by atoms with van der Waals surface area (Å²) in [5.74, 6) is 1.64. The maximum atomic E-state index is 12.4. The van der Waals surface area contributed by atoms with Crippen molar-refractivity contribution in [2.75, 3.05) is 52.5 Å². The molecule has 2 heterocycles. The number of aryl methyl sites for hydroxylation is 1. The van der Waals surface area contributed by atoms with Gasteiger partial charge in [-0.25, -0.2) is 0 Å². The highest BCUT2D eigenvalue weighted by molar-refractivity contribution is 5.77. The van der Waals surface area contributed by atoms with Gasteiger partial charge in [-0.1, -0.05) is 25.1 Å². The van der Waals surface area contributed by atoms with Gasteiger partial charge in [-0.05, 0) is 36.8 Å². The zero-order chi connectivity index (χ0) is 17.5. The Labute approximate surface area is 150 Å². The van der Waals surface area contributed by atoms with Crippen molar-refractivity contribution in [1.82, 2.24) is 9.80 Å². The van der Waals surface area contributed by atoms with Crippen molar-refractivity contribution in [3.8, 4) is 5.75 Å². The van der Waals surface area contributed by atoms with Crippen LogP contribution >= 0.6 is 0 Å². The van der Waals surface area contributed by atoms with Gasteiger partial charge in [0.25, 0.3) is 5.91 Å². The fourth-order valence-electron chi connectivity index (χ4n) is 3.68. The van der Waals surface area contributed by atoms with Crippen molar-refractivity contribution < 1.29 is 14.3 Å². The SMILES string of the molecule is CCc1ccccc1OCC(=O)N1CCC(CN2CCOCC2)CC1. The van der Waals surface area contributed by atoms with Crippen LogP contribution in [0.4, 0.5) is 0 Å². The van der Waals surface area contributed by atoms with Crippen LogP contribution in [0.5, 0.6) is 5.75 Å². The van der Waals surface area contributed by atoms with E-state index in [4.69, 9.17) is 9.47 Å². The van der Waals surface area contributed by atoms with E-state index in [1.165, 1.54) is 0 Å². The van der Waals surface area contributed by atoms with Crippen molar-refractivity contribution in [2.24, 2.45) is 5.92 Å². The first kappa shape index (κ1) is 18.2. The van der Waals surface area contributed by atoms with Crippen molar-refractivity contribution in [1.29, 1.82) is 0 Å². The summed E-state index contributed by atoms with van der Waals surface area (Å²) in [6.45, 7) is 8.90. The van der Waals surface area contributed by atoms with E-state index >= 15 is 0 Å². The van der Waals surface area contributed by atoms with E-state index in [1.807, 2.05) is 23.1 Å². The molecule has 0 aromatic heterocycles. The van der Waals surface area contributed by atoms with Gasteiger partial charge in [0.05, 0.1) is 13.2 Å². The van der Waals surface area contributed by atoms with E-state index in [-0.39, 0.29) is 12.5 Å². The highest BCUT2D eigenvalue weighted by Gasteiger charge is 2.25. The van der Waals surface area contributed by atoms with Gasteiger partial charge in [-0.15, -0.1) is 0 Å². The number of benzene rings is 1. The number of amides is 1. The van der Waals surface area contributed by atoms with Crippen LogP contribution < -0.4 is 4.74 Å². The normalized spacial score (nSPS) is 19.8. The van der Waals surface area contributed by atoms with E-state index < -0.39 is 0 Å². The summed E-state index contributed by atoms with van der Waals surface area (Å²) < 4.78 is 11.2. The molecule has 3 rings (SSSR count). The molecular formula is C20H30N2O3. The van der Waals surface area contributed by atoms with E-state index in [1.54, 1.807) is 0 Å². The highest BCUT2D eigenvalue weighted by Crippen LogP contribution is 2.21. The molecule has 0 N–H and O–H groups in total. The zero-order valence-corrected chi connectivity index (χ0v) is 15.3. The Hall–Kier alpha value is -1.59. The molecule has 138 valence electrons. The number of hydrogen-bond acceptors (Lipinski definition) is 4. The van der Waals surface area contributed by atoms with Crippen LogP contribution in [-0.4, -0.2) is 68.3 Å². The second-order valence-electron chi connectivity index (χ2n) is 6.99. The Morgan fingerprint density at radius 3 is 2.60 bits per heavy atom. The van der Waals surface area contributed by atoms with Gasteiger partial charge >= 0.3 is 0 Å². The number of rotatable bonds is 6. The van der Waals surface area contributed by atoms with Crippen molar-refractivity contribution in [3.05, 3.63) is 29.8 Å². The fourth-order valence-corrected chi connectivity index (χ4v) is 3.68. The molecule has 0 radical (unpaired) electrons. The fraction of sp³-hybridized carbons (Fsp3) is 0.650. The number of piperidine rings is 1. The van der Waals surface area contributed by atoms with Gasteiger partial charge in [0.2, 0.25) is 0 Å². The molecule has 0 spiro atoms. The van der Waals surface area contributed by atoms with E-state index in [9.17, 15) is 4.79 Å². The van der Waals surface area contributed by atoms with Gasteiger partial charge in [-0.3, -0.25) is 9.69 Å². The van der Waals surface area contributed by atoms with Crippen LogP contribution in [0.1, 0.15) is 25.3 Å². The van der Waals surface area contributed by atoms with Gasteiger partial charge in [-0.2, -0.15) is 0 Å². The lowest BCUT2D eigenvalue weighted by molar-refractivity contribution is -0.134. The molecule has 1 amide bonds. The van der Waals surface area contributed by atoms with Crippen molar-refractivity contribution in [3.63, 3.8) is 0 Å². The minimum atomic E-state index is 0.107. The zero-order valence-electron chi connectivity index (χ0n) is 15.3. The van der Waals surface area contributed by atoms with Crippen molar-refractivity contribution in [2.45, 2.75) is 26.2 Å². The number of ether oxygens (including phenoxy) is 2. The minimum Gasteiger partial charge on any atom is -0.483 e. The number of para-hydroxylation sites is 1. The summed E-state index contributed by atoms with van der Waals surface area (Å²) >= 11 is 0. The smallest absolute Gasteiger partial charge is 0.260 e. The summed E-state index contributed by atoms with van der Waals surface area (Å²) in [4.78, 5) is 16.9. The largest absolute Gasteiger partial charge is 0.483 e. The average Bonchev–Trinajstić information content (AvgIpc) is 2.67. The summed E-state index contributed by atoms with van der Waals surface area (Å²) in [7, 11) is 0. The van der Waals surface area contributed by atoms with E-state index in [0.29, 0.717) is 5.92 Å². The predicted molar refractivity (Wildman–Crippen MR) is 97.9 cm³/mol. The molecule has 0 unspecified atom stereocenters. The molecule has 1 aromatic carbocycles. The molecule has 0 bridgehead atoms. The molecule has 0 saturated carbocycles. The molecule has 0 atom stereocenters. The first-order valence-electron chi connectivity index (χ1n) is 9.55. The van der Waals surface area contributed by atoms with Crippen LogP contribution in [-0.2, 0) is 16.0 Å². The molecule has 2 fully saturated rings. The van der Waals surface area contributed by atoms with Crippen molar-refractivity contribution >= 4 is 5.91 Å².